The zero-order valence-electron chi connectivity index (χ0n) is 13.9. The van der Waals surface area contributed by atoms with Crippen molar-refractivity contribution in [3.63, 3.8) is 0 Å². The fraction of sp³-hybridized carbons (Fsp3) is 0.278. The van der Waals surface area contributed by atoms with E-state index in [2.05, 4.69) is 22.8 Å². The molecule has 24 heavy (non-hydrogen) atoms. The van der Waals surface area contributed by atoms with Crippen molar-refractivity contribution in [3.8, 4) is 16.9 Å². The number of hydrogen-bond acceptors (Lipinski definition) is 4. The van der Waals surface area contributed by atoms with Crippen molar-refractivity contribution < 1.29 is 9.53 Å². The predicted molar refractivity (Wildman–Crippen MR) is 94.8 cm³/mol. The third kappa shape index (κ3) is 2.88. The van der Waals surface area contributed by atoms with Crippen molar-refractivity contribution in [2.45, 2.75) is 13.1 Å². The molecule has 2 amide bonds. The third-order valence-corrected chi connectivity index (χ3v) is 4.26. The van der Waals surface area contributed by atoms with Crippen LogP contribution in [0.4, 0.5) is 10.5 Å². The molecule has 2 aromatic rings. The molecule has 0 aliphatic carbocycles. The number of carbonyl (C=O) groups is 1. The van der Waals surface area contributed by atoms with E-state index in [1.165, 1.54) is 0 Å². The van der Waals surface area contributed by atoms with Crippen LogP contribution in [0.1, 0.15) is 11.1 Å². The second-order valence-electron chi connectivity index (χ2n) is 5.63. The Morgan fingerprint density at radius 3 is 2.83 bits per heavy atom. The molecule has 0 radical (unpaired) electrons. The van der Waals surface area contributed by atoms with E-state index < -0.39 is 0 Å². The predicted octanol–water partition coefficient (Wildman–Crippen LogP) is 2.35. The number of amides is 2. The van der Waals surface area contributed by atoms with Crippen LogP contribution in [0.15, 0.2) is 36.4 Å². The van der Waals surface area contributed by atoms with Gasteiger partial charge in [0.1, 0.15) is 5.75 Å². The Labute approximate surface area is 141 Å². The van der Waals surface area contributed by atoms with E-state index in [0.717, 1.165) is 33.7 Å². The van der Waals surface area contributed by atoms with E-state index in [9.17, 15) is 4.79 Å². The van der Waals surface area contributed by atoms with Crippen LogP contribution < -0.4 is 21.1 Å². The molecule has 4 N–H and O–H groups in total. The quantitative estimate of drug-likeness (QED) is 0.809. The molecule has 1 aliphatic rings. The number of rotatable bonds is 3. The van der Waals surface area contributed by atoms with Gasteiger partial charge < -0.3 is 21.1 Å². The molecule has 0 spiro atoms. The zero-order valence-corrected chi connectivity index (χ0v) is 13.9. The molecule has 3 rings (SSSR count). The molecule has 0 aromatic heterocycles. The van der Waals surface area contributed by atoms with Crippen LogP contribution in [0.3, 0.4) is 0 Å². The smallest absolute Gasteiger partial charge is 0.320 e. The second kappa shape index (κ2) is 6.80. The minimum atomic E-state index is -0.147. The first-order chi connectivity index (χ1) is 11.7. The van der Waals surface area contributed by atoms with Gasteiger partial charge in [0.25, 0.3) is 0 Å². The first-order valence-corrected chi connectivity index (χ1v) is 7.90. The van der Waals surface area contributed by atoms with E-state index >= 15 is 0 Å². The molecule has 0 atom stereocenters. The molecule has 126 valence electrons. The van der Waals surface area contributed by atoms with Gasteiger partial charge in [-0.3, -0.25) is 4.90 Å². The molecule has 1 heterocycles. The minimum absolute atomic E-state index is 0.147. The van der Waals surface area contributed by atoms with Crippen molar-refractivity contribution in [1.82, 2.24) is 10.2 Å². The lowest BCUT2D eigenvalue weighted by Crippen LogP contribution is -2.42. The maximum absolute atomic E-state index is 11.8. The molecule has 2 aromatic carbocycles. The van der Waals surface area contributed by atoms with Gasteiger partial charge in [0, 0.05) is 31.9 Å². The Kier molecular flexibility index (Phi) is 4.57. The lowest BCUT2D eigenvalue weighted by Gasteiger charge is -2.29. The van der Waals surface area contributed by atoms with Crippen molar-refractivity contribution in [2.24, 2.45) is 5.73 Å². The Bertz CT molecular complexity index is 761. The van der Waals surface area contributed by atoms with Crippen LogP contribution in [-0.4, -0.2) is 31.8 Å². The van der Waals surface area contributed by atoms with E-state index in [1.807, 2.05) is 31.3 Å². The summed E-state index contributed by atoms with van der Waals surface area (Å²) in [7, 11) is 3.51. The molecule has 0 saturated heterocycles. The van der Waals surface area contributed by atoms with Crippen molar-refractivity contribution in [1.29, 1.82) is 0 Å². The van der Waals surface area contributed by atoms with Crippen LogP contribution >= 0.6 is 0 Å². The summed E-state index contributed by atoms with van der Waals surface area (Å²) in [6.07, 6.45) is 0. The van der Waals surface area contributed by atoms with Gasteiger partial charge in [-0.15, -0.1) is 0 Å². The Balaban J connectivity index is 1.99. The number of carbonyl (C=O) groups excluding carboxylic acids is 1. The topological polar surface area (TPSA) is 79.6 Å². The summed E-state index contributed by atoms with van der Waals surface area (Å²) in [5, 5.41) is 5.81. The van der Waals surface area contributed by atoms with Crippen LogP contribution in [-0.2, 0) is 13.1 Å². The maximum atomic E-state index is 11.8. The summed E-state index contributed by atoms with van der Waals surface area (Å²) in [5.41, 5.74) is 11.2. The number of ether oxygens (including phenoxy) is 1. The van der Waals surface area contributed by atoms with Gasteiger partial charge >= 0.3 is 6.03 Å². The lowest BCUT2D eigenvalue weighted by molar-refractivity contribution is 0.115. The fourth-order valence-corrected chi connectivity index (χ4v) is 3.01. The molecule has 6 heteroatoms. The van der Waals surface area contributed by atoms with Crippen LogP contribution in [0.2, 0.25) is 0 Å². The van der Waals surface area contributed by atoms with Gasteiger partial charge in [-0.25, -0.2) is 4.79 Å². The number of fused-ring (bicyclic) bond motifs is 1. The van der Waals surface area contributed by atoms with E-state index in [4.69, 9.17) is 10.5 Å². The zero-order chi connectivity index (χ0) is 17.1. The monoisotopic (exact) mass is 326 g/mol. The summed E-state index contributed by atoms with van der Waals surface area (Å²) in [6, 6.07) is 12.0. The van der Waals surface area contributed by atoms with E-state index in [1.54, 1.807) is 11.9 Å². The Morgan fingerprint density at radius 2 is 2.12 bits per heavy atom. The SMILES string of the molecule is CNC(=O)N1COc2ccc(-c3cccc(NC)c3CN)cc2C1. The largest absolute Gasteiger partial charge is 0.473 e. The van der Waals surface area contributed by atoms with Crippen LogP contribution in [0.5, 0.6) is 5.75 Å². The molecule has 1 aliphatic heterocycles. The highest BCUT2D eigenvalue weighted by Crippen LogP contribution is 2.34. The third-order valence-electron chi connectivity index (χ3n) is 4.26. The van der Waals surface area contributed by atoms with Crippen molar-refractivity contribution in [3.05, 3.63) is 47.5 Å². The van der Waals surface area contributed by atoms with Gasteiger partial charge in [0.05, 0.1) is 6.54 Å². The number of anilines is 1. The average Bonchev–Trinajstić information content (AvgIpc) is 2.65. The van der Waals surface area contributed by atoms with E-state index in [-0.39, 0.29) is 12.8 Å². The normalized spacial score (nSPS) is 13.0. The number of benzene rings is 2. The summed E-state index contributed by atoms with van der Waals surface area (Å²) >= 11 is 0. The first-order valence-electron chi connectivity index (χ1n) is 7.90. The van der Waals surface area contributed by atoms with Crippen molar-refractivity contribution >= 4 is 11.7 Å². The first kappa shape index (κ1) is 16.1. The summed E-state index contributed by atoms with van der Waals surface area (Å²) in [5.74, 6) is 0.818. The molecular formula is C18H22N4O2. The highest BCUT2D eigenvalue weighted by atomic mass is 16.5. The standard InChI is InChI=1S/C18H22N4O2/c1-20-16-5-3-4-14(15(16)9-19)12-6-7-17-13(8-12)10-22(11-24-17)18(23)21-2/h3-8,20H,9-11,19H2,1-2H3,(H,21,23). The second-order valence-corrected chi connectivity index (χ2v) is 5.63. The van der Waals surface area contributed by atoms with E-state index in [0.29, 0.717) is 13.1 Å². The van der Waals surface area contributed by atoms with Gasteiger partial charge in [-0.05, 0) is 34.9 Å². The average molecular weight is 326 g/mol. The lowest BCUT2D eigenvalue weighted by atomic mass is 9.96. The number of nitrogens with zero attached hydrogens (tertiary/aromatic N) is 1. The molecule has 0 saturated carbocycles. The van der Waals surface area contributed by atoms with Crippen LogP contribution in [0.25, 0.3) is 11.1 Å². The fourth-order valence-electron chi connectivity index (χ4n) is 3.01. The molecule has 6 nitrogen and oxygen atoms in total. The Morgan fingerprint density at radius 1 is 1.29 bits per heavy atom. The summed E-state index contributed by atoms with van der Waals surface area (Å²) in [6.45, 7) is 1.23. The minimum Gasteiger partial charge on any atom is -0.473 e. The van der Waals surface area contributed by atoms with Gasteiger partial charge in [0.2, 0.25) is 0 Å². The van der Waals surface area contributed by atoms with Gasteiger partial charge in [0.15, 0.2) is 6.73 Å². The summed E-state index contributed by atoms with van der Waals surface area (Å²) in [4.78, 5) is 13.5. The highest BCUT2D eigenvalue weighted by molar-refractivity contribution is 5.76. The molecule has 0 bridgehead atoms. The van der Waals surface area contributed by atoms with Crippen molar-refractivity contribution in [2.75, 3.05) is 26.1 Å². The van der Waals surface area contributed by atoms with Gasteiger partial charge in [-0.1, -0.05) is 18.2 Å². The number of hydrogen-bond donors (Lipinski definition) is 3. The molecular weight excluding hydrogens is 304 g/mol. The molecule has 0 fully saturated rings. The molecule has 0 unspecified atom stereocenters. The highest BCUT2D eigenvalue weighted by Gasteiger charge is 2.21. The number of nitrogens with two attached hydrogens (primary N) is 1. The van der Waals surface area contributed by atoms with Crippen LogP contribution in [0, 0.1) is 0 Å². The van der Waals surface area contributed by atoms with Gasteiger partial charge in [-0.2, -0.15) is 0 Å². The summed E-state index contributed by atoms with van der Waals surface area (Å²) < 4.78 is 5.68. The number of urea groups is 1. The Hall–Kier alpha value is -2.73. The number of nitrogens with one attached hydrogen (secondary N) is 2. The maximum Gasteiger partial charge on any atom is 0.320 e.